The molecule has 21 heavy (non-hydrogen) atoms. The molecule has 0 saturated carbocycles. The van der Waals surface area contributed by atoms with Crippen molar-refractivity contribution in [3.8, 4) is 5.69 Å². The maximum Gasteiger partial charge on any atom is 0.0997 e. The van der Waals surface area contributed by atoms with Crippen LogP contribution in [-0.4, -0.2) is 21.1 Å². The lowest BCUT2D eigenvalue weighted by Gasteiger charge is -2.17. The molecule has 2 aromatic rings. The molecule has 0 fully saturated rings. The van der Waals surface area contributed by atoms with Crippen molar-refractivity contribution in [3.05, 3.63) is 41.2 Å². The summed E-state index contributed by atoms with van der Waals surface area (Å²) in [4.78, 5) is 9.09. The van der Waals surface area contributed by atoms with Crippen molar-refractivity contribution in [1.82, 2.24) is 19.9 Å². The minimum absolute atomic E-state index is 0.864. The fourth-order valence-corrected chi connectivity index (χ4v) is 3.01. The first-order valence-electron chi connectivity index (χ1n) is 8.01. The Morgan fingerprint density at radius 3 is 2.95 bits per heavy atom. The molecule has 2 aromatic heterocycles. The van der Waals surface area contributed by atoms with Crippen molar-refractivity contribution in [3.63, 3.8) is 0 Å². The van der Waals surface area contributed by atoms with Crippen LogP contribution < -0.4 is 5.32 Å². The number of fused-ring (bicyclic) bond motifs is 1. The van der Waals surface area contributed by atoms with Gasteiger partial charge in [0.2, 0.25) is 0 Å². The number of nitrogens with zero attached hydrogens (tertiary/aromatic N) is 3. The monoisotopic (exact) mass is 284 g/mol. The zero-order chi connectivity index (χ0) is 14.7. The summed E-state index contributed by atoms with van der Waals surface area (Å²) in [6, 6.07) is 2.18. The van der Waals surface area contributed by atoms with Gasteiger partial charge in [-0.2, -0.15) is 0 Å². The summed E-state index contributed by atoms with van der Waals surface area (Å²) in [6.07, 6.45) is 9.94. The van der Waals surface area contributed by atoms with Crippen molar-refractivity contribution in [2.24, 2.45) is 0 Å². The number of pyridine rings is 1. The van der Waals surface area contributed by atoms with E-state index in [4.69, 9.17) is 0 Å². The first-order chi connectivity index (χ1) is 10.3. The second-order valence-corrected chi connectivity index (χ2v) is 5.85. The highest BCUT2D eigenvalue weighted by molar-refractivity contribution is 5.43. The average molecular weight is 284 g/mol. The van der Waals surface area contributed by atoms with E-state index >= 15 is 0 Å². The Morgan fingerprint density at radius 2 is 2.10 bits per heavy atom. The summed E-state index contributed by atoms with van der Waals surface area (Å²) in [6.45, 7) is 6.14. The Hall–Kier alpha value is -1.68. The van der Waals surface area contributed by atoms with Crippen molar-refractivity contribution >= 4 is 0 Å². The quantitative estimate of drug-likeness (QED) is 0.858. The summed E-state index contributed by atoms with van der Waals surface area (Å²) in [5.74, 6) is 0. The molecule has 0 aliphatic heterocycles. The molecule has 1 aliphatic carbocycles. The number of rotatable bonds is 5. The van der Waals surface area contributed by atoms with Crippen LogP contribution in [0.3, 0.4) is 0 Å². The molecule has 0 spiro atoms. The van der Waals surface area contributed by atoms with E-state index in [1.54, 1.807) is 0 Å². The zero-order valence-corrected chi connectivity index (χ0v) is 13.0. The molecule has 0 amide bonds. The van der Waals surface area contributed by atoms with Crippen molar-refractivity contribution in [2.75, 3.05) is 6.54 Å². The van der Waals surface area contributed by atoms with E-state index < -0.39 is 0 Å². The molecular formula is C17H24N4. The van der Waals surface area contributed by atoms with Gasteiger partial charge in [-0.3, -0.25) is 4.98 Å². The van der Waals surface area contributed by atoms with E-state index in [-0.39, 0.29) is 0 Å². The number of nitrogens with one attached hydrogen (secondary N) is 1. The van der Waals surface area contributed by atoms with Gasteiger partial charge in [0.25, 0.3) is 0 Å². The molecule has 4 heteroatoms. The Bertz CT molecular complexity index is 615. The average Bonchev–Trinajstić information content (AvgIpc) is 2.93. The van der Waals surface area contributed by atoms with Crippen LogP contribution >= 0.6 is 0 Å². The van der Waals surface area contributed by atoms with Gasteiger partial charge in [0.05, 0.1) is 17.7 Å². The first kappa shape index (κ1) is 14.3. The maximum atomic E-state index is 4.62. The first-order valence-corrected chi connectivity index (χ1v) is 8.01. The van der Waals surface area contributed by atoms with Gasteiger partial charge in [-0.15, -0.1) is 0 Å². The standard InChI is InChI=1S/C17H24N4/c1-3-8-18-10-14-11-19-13(2)9-17(14)21-12-20-15-6-4-5-7-16(15)21/h9,11-12,18H,3-8,10H2,1-2H3. The number of hydrogen-bond donors (Lipinski definition) is 1. The third-order valence-corrected chi connectivity index (χ3v) is 4.13. The van der Waals surface area contributed by atoms with Crippen molar-refractivity contribution in [1.29, 1.82) is 0 Å². The molecule has 0 atom stereocenters. The van der Waals surface area contributed by atoms with Crippen LogP contribution in [0, 0.1) is 6.92 Å². The van der Waals surface area contributed by atoms with Gasteiger partial charge < -0.3 is 9.88 Å². The van der Waals surface area contributed by atoms with Crippen LogP contribution in [0.25, 0.3) is 5.69 Å². The Kier molecular flexibility index (Phi) is 4.34. The number of imidazole rings is 1. The third kappa shape index (κ3) is 3.00. The lowest BCUT2D eigenvalue weighted by atomic mass is 10.0. The predicted molar refractivity (Wildman–Crippen MR) is 84.7 cm³/mol. The fraction of sp³-hybridized carbons (Fsp3) is 0.529. The second kappa shape index (κ2) is 6.39. The third-order valence-electron chi connectivity index (χ3n) is 4.13. The molecule has 0 bridgehead atoms. The molecule has 1 aliphatic rings. The highest BCUT2D eigenvalue weighted by Crippen LogP contribution is 2.25. The smallest absolute Gasteiger partial charge is 0.0997 e. The lowest BCUT2D eigenvalue weighted by Crippen LogP contribution is -2.17. The highest BCUT2D eigenvalue weighted by atomic mass is 15.1. The van der Waals surface area contributed by atoms with E-state index in [2.05, 4.69) is 39.8 Å². The van der Waals surface area contributed by atoms with Gasteiger partial charge in [-0.25, -0.2) is 4.98 Å². The topological polar surface area (TPSA) is 42.7 Å². The number of aromatic nitrogens is 3. The number of hydrogen-bond acceptors (Lipinski definition) is 3. The highest BCUT2D eigenvalue weighted by Gasteiger charge is 2.17. The largest absolute Gasteiger partial charge is 0.313 e. The molecule has 0 unspecified atom stereocenters. The van der Waals surface area contributed by atoms with E-state index in [1.807, 2.05) is 12.5 Å². The van der Waals surface area contributed by atoms with Gasteiger partial charge >= 0.3 is 0 Å². The molecule has 2 heterocycles. The number of aryl methyl sites for hydroxylation is 2. The van der Waals surface area contributed by atoms with Gasteiger partial charge in [0.15, 0.2) is 0 Å². The minimum atomic E-state index is 0.864. The fourth-order valence-electron chi connectivity index (χ4n) is 3.01. The summed E-state index contributed by atoms with van der Waals surface area (Å²) < 4.78 is 2.28. The molecule has 0 aromatic carbocycles. The van der Waals surface area contributed by atoms with Crippen LogP contribution in [0.15, 0.2) is 18.6 Å². The van der Waals surface area contributed by atoms with Crippen LogP contribution in [0.5, 0.6) is 0 Å². The second-order valence-electron chi connectivity index (χ2n) is 5.85. The maximum absolute atomic E-state index is 4.62. The van der Waals surface area contributed by atoms with Gasteiger partial charge in [0, 0.05) is 29.7 Å². The normalized spacial score (nSPS) is 14.2. The van der Waals surface area contributed by atoms with Crippen LogP contribution in [0.1, 0.15) is 48.8 Å². The molecule has 112 valence electrons. The van der Waals surface area contributed by atoms with E-state index in [0.29, 0.717) is 0 Å². The predicted octanol–water partition coefficient (Wildman–Crippen LogP) is 2.95. The SMILES string of the molecule is CCCNCc1cnc(C)cc1-n1cnc2c1CCCC2. The molecule has 1 N–H and O–H groups in total. The Labute approximate surface area is 126 Å². The summed E-state index contributed by atoms with van der Waals surface area (Å²) in [7, 11) is 0. The Morgan fingerprint density at radius 1 is 1.24 bits per heavy atom. The van der Waals surface area contributed by atoms with Crippen molar-refractivity contribution < 1.29 is 0 Å². The van der Waals surface area contributed by atoms with Gasteiger partial charge in [-0.05, 0) is 51.6 Å². The lowest BCUT2D eigenvalue weighted by molar-refractivity contribution is 0.649. The molecule has 4 nitrogen and oxygen atoms in total. The van der Waals surface area contributed by atoms with E-state index in [9.17, 15) is 0 Å². The zero-order valence-electron chi connectivity index (χ0n) is 13.0. The molecule has 0 saturated heterocycles. The van der Waals surface area contributed by atoms with Gasteiger partial charge in [0.1, 0.15) is 0 Å². The Balaban J connectivity index is 1.96. The van der Waals surface area contributed by atoms with Gasteiger partial charge in [-0.1, -0.05) is 6.92 Å². The summed E-state index contributed by atoms with van der Waals surface area (Å²) in [5, 5.41) is 3.48. The summed E-state index contributed by atoms with van der Waals surface area (Å²) >= 11 is 0. The van der Waals surface area contributed by atoms with Crippen molar-refractivity contribution in [2.45, 2.75) is 52.5 Å². The van der Waals surface area contributed by atoms with E-state index in [1.165, 1.54) is 35.5 Å². The van der Waals surface area contributed by atoms with Crippen LogP contribution in [-0.2, 0) is 19.4 Å². The summed E-state index contributed by atoms with van der Waals surface area (Å²) in [5.41, 5.74) is 6.22. The van der Waals surface area contributed by atoms with Crippen LogP contribution in [0.2, 0.25) is 0 Å². The van der Waals surface area contributed by atoms with E-state index in [0.717, 1.165) is 38.0 Å². The van der Waals surface area contributed by atoms with Crippen LogP contribution in [0.4, 0.5) is 0 Å². The molecular weight excluding hydrogens is 260 g/mol. The molecule has 3 rings (SSSR count). The minimum Gasteiger partial charge on any atom is -0.313 e. The molecule has 0 radical (unpaired) electrons.